The molecule has 0 amide bonds. The number of hydrogen-bond donors (Lipinski definition) is 1. The fourth-order valence-corrected chi connectivity index (χ4v) is 4.39. The predicted octanol–water partition coefficient (Wildman–Crippen LogP) is 3.80. The Bertz CT molecular complexity index is 400. The average Bonchev–Trinajstić information content (AvgIpc) is 2.97. The third kappa shape index (κ3) is 2.90. The molecule has 100 valence electrons. The van der Waals surface area contributed by atoms with Crippen LogP contribution in [0.25, 0.3) is 0 Å². The van der Waals surface area contributed by atoms with Gasteiger partial charge in [-0.15, -0.1) is 11.3 Å². The zero-order chi connectivity index (χ0) is 12.4. The third-order valence-electron chi connectivity index (χ3n) is 4.05. The standard InChI is InChI=1S/C14H20ClNOS/c15-14-8-11-12(2-1-3-13(11)18-14)16-6-4-10-5-7-17-9-10/h8,10,12,16H,1-7,9H2. The van der Waals surface area contributed by atoms with Crippen LogP contribution in [-0.2, 0) is 11.2 Å². The van der Waals surface area contributed by atoms with Crippen LogP contribution < -0.4 is 5.32 Å². The van der Waals surface area contributed by atoms with Gasteiger partial charge >= 0.3 is 0 Å². The molecule has 1 saturated heterocycles. The van der Waals surface area contributed by atoms with Crippen LogP contribution in [0.3, 0.4) is 0 Å². The highest BCUT2D eigenvalue weighted by molar-refractivity contribution is 7.16. The van der Waals surface area contributed by atoms with Gasteiger partial charge in [-0.05, 0) is 56.2 Å². The Hall–Kier alpha value is -0.0900. The van der Waals surface area contributed by atoms with Gasteiger partial charge in [-0.2, -0.15) is 0 Å². The number of nitrogens with one attached hydrogen (secondary N) is 1. The van der Waals surface area contributed by atoms with Crippen molar-refractivity contribution in [1.82, 2.24) is 5.32 Å². The van der Waals surface area contributed by atoms with Crippen LogP contribution in [0.1, 0.15) is 42.2 Å². The Morgan fingerprint density at radius 1 is 1.44 bits per heavy atom. The predicted molar refractivity (Wildman–Crippen MR) is 76.6 cm³/mol. The maximum atomic E-state index is 6.13. The summed E-state index contributed by atoms with van der Waals surface area (Å²) in [5.41, 5.74) is 1.46. The first kappa shape index (κ1) is 12.9. The number of rotatable bonds is 4. The van der Waals surface area contributed by atoms with Crippen LogP contribution in [0.2, 0.25) is 4.34 Å². The third-order valence-corrected chi connectivity index (χ3v) is 5.39. The van der Waals surface area contributed by atoms with Crippen molar-refractivity contribution in [2.75, 3.05) is 19.8 Å². The summed E-state index contributed by atoms with van der Waals surface area (Å²) < 4.78 is 6.36. The molecule has 2 atom stereocenters. The molecule has 2 aliphatic rings. The van der Waals surface area contributed by atoms with Crippen LogP contribution in [0.15, 0.2) is 6.07 Å². The van der Waals surface area contributed by atoms with E-state index in [4.69, 9.17) is 16.3 Å². The molecule has 0 aromatic carbocycles. The molecule has 0 bridgehead atoms. The van der Waals surface area contributed by atoms with Gasteiger partial charge in [0.15, 0.2) is 0 Å². The maximum Gasteiger partial charge on any atom is 0.0934 e. The number of halogens is 1. The highest BCUT2D eigenvalue weighted by Gasteiger charge is 2.23. The Balaban J connectivity index is 1.53. The normalized spacial score (nSPS) is 27.4. The summed E-state index contributed by atoms with van der Waals surface area (Å²) in [6.07, 6.45) is 6.22. The summed E-state index contributed by atoms with van der Waals surface area (Å²) >= 11 is 7.89. The number of hydrogen-bond acceptors (Lipinski definition) is 3. The van der Waals surface area contributed by atoms with Gasteiger partial charge in [0.2, 0.25) is 0 Å². The SMILES string of the molecule is Clc1cc2c(s1)CCCC2NCCC1CCOC1. The van der Waals surface area contributed by atoms with E-state index in [1.807, 2.05) is 0 Å². The number of ether oxygens (including phenoxy) is 1. The van der Waals surface area contributed by atoms with Crippen molar-refractivity contribution in [2.45, 2.75) is 38.1 Å². The van der Waals surface area contributed by atoms with Crippen molar-refractivity contribution in [3.05, 3.63) is 20.8 Å². The Morgan fingerprint density at radius 3 is 3.22 bits per heavy atom. The molecule has 3 rings (SSSR count). The fraction of sp³-hybridized carbons (Fsp3) is 0.714. The van der Waals surface area contributed by atoms with Crippen molar-refractivity contribution < 1.29 is 4.74 Å². The Labute approximate surface area is 118 Å². The van der Waals surface area contributed by atoms with E-state index in [0.717, 1.165) is 30.0 Å². The molecule has 18 heavy (non-hydrogen) atoms. The largest absolute Gasteiger partial charge is 0.381 e. The van der Waals surface area contributed by atoms with Crippen LogP contribution in [0, 0.1) is 5.92 Å². The molecule has 0 spiro atoms. The lowest BCUT2D eigenvalue weighted by molar-refractivity contribution is 0.184. The molecule has 2 nitrogen and oxygen atoms in total. The summed E-state index contributed by atoms with van der Waals surface area (Å²) in [4.78, 5) is 1.49. The summed E-state index contributed by atoms with van der Waals surface area (Å²) in [5.74, 6) is 0.770. The number of aryl methyl sites for hydroxylation is 1. The molecule has 1 N–H and O–H groups in total. The minimum Gasteiger partial charge on any atom is -0.381 e. The highest BCUT2D eigenvalue weighted by Crippen LogP contribution is 2.37. The van der Waals surface area contributed by atoms with Gasteiger partial charge in [0.25, 0.3) is 0 Å². The van der Waals surface area contributed by atoms with Crippen LogP contribution in [0.4, 0.5) is 0 Å². The molecule has 0 radical (unpaired) electrons. The zero-order valence-electron chi connectivity index (χ0n) is 10.6. The van der Waals surface area contributed by atoms with Crippen LogP contribution in [0.5, 0.6) is 0 Å². The molecule has 1 aliphatic carbocycles. The van der Waals surface area contributed by atoms with Gasteiger partial charge in [0.1, 0.15) is 0 Å². The molecule has 4 heteroatoms. The summed E-state index contributed by atoms with van der Waals surface area (Å²) in [5, 5.41) is 3.71. The molecule has 1 aromatic heterocycles. The first-order valence-corrected chi connectivity index (χ1v) is 8.11. The molecular weight excluding hydrogens is 266 g/mol. The van der Waals surface area contributed by atoms with E-state index >= 15 is 0 Å². The van der Waals surface area contributed by atoms with Crippen molar-refractivity contribution in [3.63, 3.8) is 0 Å². The highest BCUT2D eigenvalue weighted by atomic mass is 35.5. The van der Waals surface area contributed by atoms with Crippen molar-refractivity contribution in [1.29, 1.82) is 0 Å². The first-order chi connectivity index (χ1) is 8.83. The second-order valence-electron chi connectivity index (χ2n) is 5.35. The van der Waals surface area contributed by atoms with E-state index in [-0.39, 0.29) is 0 Å². The van der Waals surface area contributed by atoms with Crippen molar-refractivity contribution >= 4 is 22.9 Å². The Kier molecular flexibility index (Phi) is 4.24. The molecule has 1 fully saturated rings. The van der Waals surface area contributed by atoms with E-state index in [0.29, 0.717) is 6.04 Å². The monoisotopic (exact) mass is 285 g/mol. The van der Waals surface area contributed by atoms with Gasteiger partial charge in [-0.3, -0.25) is 0 Å². The lowest BCUT2D eigenvalue weighted by Crippen LogP contribution is -2.26. The lowest BCUT2D eigenvalue weighted by Gasteiger charge is -2.24. The van der Waals surface area contributed by atoms with Gasteiger partial charge in [-0.25, -0.2) is 0 Å². The maximum absolute atomic E-state index is 6.13. The number of fused-ring (bicyclic) bond motifs is 1. The van der Waals surface area contributed by atoms with Crippen molar-refractivity contribution in [3.8, 4) is 0 Å². The first-order valence-electron chi connectivity index (χ1n) is 6.92. The van der Waals surface area contributed by atoms with E-state index in [9.17, 15) is 0 Å². The van der Waals surface area contributed by atoms with Crippen molar-refractivity contribution in [2.24, 2.45) is 5.92 Å². The summed E-state index contributed by atoms with van der Waals surface area (Å²) in [7, 11) is 0. The fourth-order valence-electron chi connectivity index (χ4n) is 3.01. The van der Waals surface area contributed by atoms with Gasteiger partial charge in [0, 0.05) is 24.1 Å². The summed E-state index contributed by atoms with van der Waals surface area (Å²) in [6, 6.07) is 2.69. The van der Waals surface area contributed by atoms with Gasteiger partial charge in [0.05, 0.1) is 4.34 Å². The molecule has 2 unspecified atom stereocenters. The second kappa shape index (κ2) is 5.91. The van der Waals surface area contributed by atoms with Crippen LogP contribution >= 0.6 is 22.9 Å². The second-order valence-corrected chi connectivity index (χ2v) is 7.11. The average molecular weight is 286 g/mol. The van der Waals surface area contributed by atoms with Gasteiger partial charge < -0.3 is 10.1 Å². The van der Waals surface area contributed by atoms with Gasteiger partial charge in [-0.1, -0.05) is 11.6 Å². The Morgan fingerprint density at radius 2 is 2.39 bits per heavy atom. The van der Waals surface area contributed by atoms with E-state index < -0.39 is 0 Å². The molecule has 1 aliphatic heterocycles. The molecule has 2 heterocycles. The topological polar surface area (TPSA) is 21.3 Å². The van der Waals surface area contributed by atoms with E-state index in [1.54, 1.807) is 11.3 Å². The molecular formula is C14H20ClNOS. The lowest BCUT2D eigenvalue weighted by atomic mass is 9.93. The smallest absolute Gasteiger partial charge is 0.0934 e. The number of thiophene rings is 1. The zero-order valence-corrected chi connectivity index (χ0v) is 12.2. The van der Waals surface area contributed by atoms with E-state index in [2.05, 4.69) is 11.4 Å². The molecule has 1 aromatic rings. The minimum atomic E-state index is 0.528. The quantitative estimate of drug-likeness (QED) is 0.909. The summed E-state index contributed by atoms with van der Waals surface area (Å²) in [6.45, 7) is 3.02. The minimum absolute atomic E-state index is 0.528. The van der Waals surface area contributed by atoms with E-state index in [1.165, 1.54) is 42.5 Å². The van der Waals surface area contributed by atoms with Crippen LogP contribution in [-0.4, -0.2) is 19.8 Å². The molecule has 0 saturated carbocycles.